The molecule has 15 heavy (non-hydrogen) atoms. The summed E-state index contributed by atoms with van der Waals surface area (Å²) < 4.78 is 0. The number of hydrogen-bond acceptors (Lipinski definition) is 1. The summed E-state index contributed by atoms with van der Waals surface area (Å²) in [5.41, 5.74) is 2.78. The van der Waals surface area contributed by atoms with E-state index in [1.54, 1.807) is 0 Å². The Kier molecular flexibility index (Phi) is 3.81. The number of aryl methyl sites for hydroxylation is 1. The van der Waals surface area contributed by atoms with Gasteiger partial charge in [0.15, 0.2) is 0 Å². The molecule has 1 aliphatic heterocycles. The minimum absolute atomic E-state index is 0.742. The number of likely N-dealkylation sites (tertiary alicyclic amines) is 1. The van der Waals surface area contributed by atoms with Gasteiger partial charge in [0, 0.05) is 17.9 Å². The van der Waals surface area contributed by atoms with Crippen molar-refractivity contribution in [2.24, 2.45) is 0 Å². The fraction of sp³-hybridized carbons (Fsp3) is 0.538. The summed E-state index contributed by atoms with van der Waals surface area (Å²) in [4.78, 5) is 2.58. The fourth-order valence-electron chi connectivity index (χ4n) is 2.21. The van der Waals surface area contributed by atoms with E-state index in [-0.39, 0.29) is 0 Å². The Morgan fingerprint density at radius 3 is 2.73 bits per heavy atom. The topological polar surface area (TPSA) is 3.24 Å². The van der Waals surface area contributed by atoms with Gasteiger partial charge in [-0.25, -0.2) is 0 Å². The molecular weight excluding hydrogens is 250 g/mol. The Hall–Kier alpha value is -0.340. The molecule has 1 fully saturated rings. The lowest BCUT2D eigenvalue weighted by Gasteiger charge is -2.22. The maximum atomic E-state index is 3.60. The van der Waals surface area contributed by atoms with Gasteiger partial charge in [-0.05, 0) is 31.9 Å². The Morgan fingerprint density at radius 1 is 1.33 bits per heavy atom. The van der Waals surface area contributed by atoms with Crippen LogP contribution in [-0.4, -0.2) is 22.8 Å². The molecule has 0 amide bonds. The summed E-state index contributed by atoms with van der Waals surface area (Å²) in [5, 5.41) is 1.11. The van der Waals surface area contributed by atoms with Crippen molar-refractivity contribution in [3.63, 3.8) is 0 Å². The van der Waals surface area contributed by atoms with Gasteiger partial charge in [0.2, 0.25) is 0 Å². The molecule has 1 nitrogen and oxygen atoms in total. The van der Waals surface area contributed by atoms with Crippen LogP contribution in [-0.2, 0) is 6.54 Å². The van der Waals surface area contributed by atoms with E-state index >= 15 is 0 Å². The van der Waals surface area contributed by atoms with Gasteiger partial charge < -0.3 is 0 Å². The van der Waals surface area contributed by atoms with Crippen LogP contribution in [0.3, 0.4) is 0 Å². The third kappa shape index (κ3) is 2.82. The average molecular weight is 268 g/mol. The van der Waals surface area contributed by atoms with Gasteiger partial charge in [-0.15, -0.1) is 0 Å². The zero-order valence-corrected chi connectivity index (χ0v) is 10.8. The lowest BCUT2D eigenvalue weighted by atomic mass is 10.1. The van der Waals surface area contributed by atoms with Crippen molar-refractivity contribution in [1.29, 1.82) is 0 Å². The van der Waals surface area contributed by atoms with E-state index in [0.717, 1.165) is 17.9 Å². The Morgan fingerprint density at radius 2 is 2.07 bits per heavy atom. The van der Waals surface area contributed by atoms with E-state index in [9.17, 15) is 0 Å². The molecule has 0 aliphatic carbocycles. The van der Waals surface area contributed by atoms with Crippen LogP contribution in [0.4, 0.5) is 0 Å². The molecule has 2 rings (SSSR count). The summed E-state index contributed by atoms with van der Waals surface area (Å²) in [6, 6.07) is 9.65. The van der Waals surface area contributed by atoms with Crippen molar-refractivity contribution >= 4 is 15.9 Å². The van der Waals surface area contributed by atoms with Crippen molar-refractivity contribution in [2.75, 3.05) is 11.9 Å². The standard InChI is InChI=1S/C13H18BrN/c1-11-4-6-12(7-5-11)10-15-8-2-3-13(15)9-14/h4-7,13H,2-3,8-10H2,1H3. The second kappa shape index (κ2) is 5.13. The number of nitrogens with zero attached hydrogens (tertiary/aromatic N) is 1. The van der Waals surface area contributed by atoms with E-state index in [4.69, 9.17) is 0 Å². The minimum Gasteiger partial charge on any atom is -0.295 e. The Balaban J connectivity index is 1.99. The van der Waals surface area contributed by atoms with Crippen molar-refractivity contribution in [1.82, 2.24) is 4.90 Å². The number of halogens is 1. The van der Waals surface area contributed by atoms with Crippen molar-refractivity contribution in [3.8, 4) is 0 Å². The fourth-order valence-corrected chi connectivity index (χ4v) is 2.94. The van der Waals surface area contributed by atoms with E-state index in [0.29, 0.717) is 0 Å². The van der Waals surface area contributed by atoms with Gasteiger partial charge in [-0.3, -0.25) is 4.90 Å². The molecule has 0 aromatic heterocycles. The normalized spacial score (nSPS) is 22.1. The number of alkyl halides is 1. The molecule has 0 radical (unpaired) electrons. The summed E-state index contributed by atoms with van der Waals surface area (Å²) in [5.74, 6) is 0. The number of rotatable bonds is 3. The Bertz CT molecular complexity index is 307. The van der Waals surface area contributed by atoms with Crippen molar-refractivity contribution in [2.45, 2.75) is 32.4 Å². The summed E-state index contributed by atoms with van der Waals surface area (Å²) in [6.45, 7) is 4.50. The largest absolute Gasteiger partial charge is 0.295 e. The first kappa shape index (κ1) is 11.2. The number of benzene rings is 1. The highest BCUT2D eigenvalue weighted by molar-refractivity contribution is 9.09. The van der Waals surface area contributed by atoms with Crippen LogP contribution in [0.5, 0.6) is 0 Å². The van der Waals surface area contributed by atoms with Crippen LogP contribution in [0.15, 0.2) is 24.3 Å². The molecule has 1 aliphatic rings. The van der Waals surface area contributed by atoms with Crippen molar-refractivity contribution < 1.29 is 0 Å². The molecule has 1 aromatic rings. The molecule has 1 unspecified atom stereocenters. The zero-order valence-electron chi connectivity index (χ0n) is 9.25. The van der Waals surface area contributed by atoms with Crippen LogP contribution in [0.25, 0.3) is 0 Å². The molecule has 1 aromatic carbocycles. The monoisotopic (exact) mass is 267 g/mol. The predicted molar refractivity (Wildman–Crippen MR) is 68.4 cm³/mol. The van der Waals surface area contributed by atoms with Gasteiger partial charge in [0.1, 0.15) is 0 Å². The first-order chi connectivity index (χ1) is 7.29. The highest BCUT2D eigenvalue weighted by Crippen LogP contribution is 2.21. The maximum Gasteiger partial charge on any atom is 0.0237 e. The van der Waals surface area contributed by atoms with Crippen LogP contribution in [0, 0.1) is 6.92 Å². The molecule has 0 N–H and O–H groups in total. The van der Waals surface area contributed by atoms with Crippen molar-refractivity contribution in [3.05, 3.63) is 35.4 Å². The third-order valence-electron chi connectivity index (χ3n) is 3.18. The average Bonchev–Trinajstić information content (AvgIpc) is 2.69. The smallest absolute Gasteiger partial charge is 0.0237 e. The summed E-state index contributed by atoms with van der Waals surface area (Å²) >= 11 is 3.60. The second-order valence-electron chi connectivity index (χ2n) is 4.41. The highest BCUT2D eigenvalue weighted by atomic mass is 79.9. The van der Waals surface area contributed by atoms with Gasteiger partial charge in [-0.2, -0.15) is 0 Å². The first-order valence-corrected chi connectivity index (χ1v) is 6.77. The highest BCUT2D eigenvalue weighted by Gasteiger charge is 2.22. The van der Waals surface area contributed by atoms with Gasteiger partial charge in [0.25, 0.3) is 0 Å². The van der Waals surface area contributed by atoms with Gasteiger partial charge in [0.05, 0.1) is 0 Å². The molecular formula is C13H18BrN. The SMILES string of the molecule is Cc1ccc(CN2CCCC2CBr)cc1. The van der Waals surface area contributed by atoms with Crippen LogP contribution in [0.1, 0.15) is 24.0 Å². The number of hydrogen-bond donors (Lipinski definition) is 0. The molecule has 1 heterocycles. The first-order valence-electron chi connectivity index (χ1n) is 5.65. The minimum atomic E-state index is 0.742. The van der Waals surface area contributed by atoms with Crippen LogP contribution >= 0.6 is 15.9 Å². The maximum absolute atomic E-state index is 3.60. The van der Waals surface area contributed by atoms with Gasteiger partial charge >= 0.3 is 0 Å². The third-order valence-corrected chi connectivity index (χ3v) is 3.93. The van der Waals surface area contributed by atoms with Crippen LogP contribution < -0.4 is 0 Å². The molecule has 0 saturated carbocycles. The molecule has 82 valence electrons. The van der Waals surface area contributed by atoms with E-state index in [1.807, 2.05) is 0 Å². The lowest BCUT2D eigenvalue weighted by molar-refractivity contribution is 0.265. The summed E-state index contributed by atoms with van der Waals surface area (Å²) in [6.07, 6.45) is 2.69. The zero-order chi connectivity index (χ0) is 10.7. The molecule has 1 atom stereocenters. The van der Waals surface area contributed by atoms with E-state index < -0.39 is 0 Å². The summed E-state index contributed by atoms with van der Waals surface area (Å²) in [7, 11) is 0. The predicted octanol–water partition coefficient (Wildman–Crippen LogP) is 3.35. The molecule has 2 heteroatoms. The molecule has 1 saturated heterocycles. The van der Waals surface area contributed by atoms with E-state index in [2.05, 4.69) is 52.0 Å². The second-order valence-corrected chi connectivity index (χ2v) is 5.05. The quantitative estimate of drug-likeness (QED) is 0.760. The van der Waals surface area contributed by atoms with Gasteiger partial charge in [-0.1, -0.05) is 45.8 Å². The molecule has 0 spiro atoms. The lowest BCUT2D eigenvalue weighted by Crippen LogP contribution is -2.29. The Labute approximate surface area is 101 Å². The molecule has 0 bridgehead atoms. The van der Waals surface area contributed by atoms with E-state index in [1.165, 1.54) is 30.5 Å². The van der Waals surface area contributed by atoms with Crippen LogP contribution in [0.2, 0.25) is 0 Å².